The molecule has 0 spiro atoms. The van der Waals surface area contributed by atoms with Gasteiger partial charge in [0.2, 0.25) is 5.91 Å². The largest absolute Gasteiger partial charge is 0.497 e. The number of rotatable bonds is 7. The van der Waals surface area contributed by atoms with Gasteiger partial charge >= 0.3 is 0 Å². The summed E-state index contributed by atoms with van der Waals surface area (Å²) in [4.78, 5) is 13.0. The van der Waals surface area contributed by atoms with E-state index in [0.29, 0.717) is 23.0 Å². The molecule has 0 saturated carbocycles. The normalized spacial score (nSPS) is 11.6. The fourth-order valence-corrected chi connectivity index (χ4v) is 3.00. The summed E-state index contributed by atoms with van der Waals surface area (Å²) in [6.45, 7) is 0.519. The van der Waals surface area contributed by atoms with Gasteiger partial charge in [-0.15, -0.1) is 0 Å². The van der Waals surface area contributed by atoms with Crippen molar-refractivity contribution >= 4 is 23.2 Å². The lowest BCUT2D eigenvalue weighted by Gasteiger charge is -2.19. The first-order valence-electron chi connectivity index (χ1n) is 8.63. The Labute approximate surface area is 164 Å². The second kappa shape index (κ2) is 9.21. The summed E-state index contributed by atoms with van der Waals surface area (Å²) < 4.78 is 5.22. The van der Waals surface area contributed by atoms with Gasteiger partial charge < -0.3 is 10.1 Å². The van der Waals surface area contributed by atoms with Crippen molar-refractivity contribution < 1.29 is 9.53 Å². The van der Waals surface area contributed by atoms with E-state index in [1.54, 1.807) is 13.2 Å². The second-order valence-electron chi connectivity index (χ2n) is 6.08. The van der Waals surface area contributed by atoms with Gasteiger partial charge in [0, 0.05) is 23.3 Å². The van der Waals surface area contributed by atoms with Crippen LogP contribution in [0, 0.1) is 0 Å². The zero-order valence-corrected chi connectivity index (χ0v) is 15.7. The smallest absolute Gasteiger partial charge is 0.246 e. The van der Waals surface area contributed by atoms with E-state index in [4.69, 9.17) is 16.3 Å². The molecule has 0 aliphatic rings. The van der Waals surface area contributed by atoms with Crippen molar-refractivity contribution in [1.82, 2.24) is 5.32 Å². The molecule has 4 nitrogen and oxygen atoms in total. The Morgan fingerprint density at radius 2 is 1.78 bits per heavy atom. The first-order valence-corrected chi connectivity index (χ1v) is 9.01. The van der Waals surface area contributed by atoms with E-state index in [0.717, 1.165) is 11.1 Å². The van der Waals surface area contributed by atoms with E-state index in [1.165, 1.54) is 0 Å². The Kier molecular flexibility index (Phi) is 6.47. The highest BCUT2D eigenvalue weighted by Gasteiger charge is 2.20. The maximum Gasteiger partial charge on any atom is 0.246 e. The molecule has 0 aromatic heterocycles. The average molecular weight is 381 g/mol. The molecule has 1 atom stereocenters. The molecule has 0 radical (unpaired) electrons. The molecule has 0 aliphatic heterocycles. The van der Waals surface area contributed by atoms with E-state index in [2.05, 4.69) is 10.6 Å². The lowest BCUT2D eigenvalue weighted by Crippen LogP contribution is -2.32. The van der Waals surface area contributed by atoms with Crippen LogP contribution in [-0.4, -0.2) is 13.0 Å². The lowest BCUT2D eigenvalue weighted by atomic mass is 10.1. The molecule has 27 heavy (non-hydrogen) atoms. The number of methoxy groups -OCH3 is 1. The van der Waals surface area contributed by atoms with Crippen molar-refractivity contribution in [2.75, 3.05) is 12.4 Å². The van der Waals surface area contributed by atoms with Gasteiger partial charge in [-0.25, -0.2) is 0 Å². The summed E-state index contributed by atoms with van der Waals surface area (Å²) in [6, 6.07) is 24.0. The van der Waals surface area contributed by atoms with Crippen LogP contribution in [-0.2, 0) is 11.3 Å². The zero-order chi connectivity index (χ0) is 19.1. The Hall–Kier alpha value is -2.82. The van der Waals surface area contributed by atoms with Gasteiger partial charge in [-0.05, 0) is 35.4 Å². The molecular weight excluding hydrogens is 360 g/mol. The third kappa shape index (κ3) is 5.33. The SMILES string of the molecule is COc1cccc(NC(=O)[C@@H](NCc2cccc(Cl)c2)c2ccccc2)c1. The Balaban J connectivity index is 1.77. The fourth-order valence-electron chi connectivity index (χ4n) is 2.79. The molecule has 3 aromatic carbocycles. The minimum absolute atomic E-state index is 0.142. The quantitative estimate of drug-likeness (QED) is 0.618. The predicted molar refractivity (Wildman–Crippen MR) is 109 cm³/mol. The van der Waals surface area contributed by atoms with E-state index < -0.39 is 6.04 Å². The van der Waals surface area contributed by atoms with Crippen LogP contribution in [0.5, 0.6) is 5.75 Å². The van der Waals surface area contributed by atoms with Crippen LogP contribution in [0.4, 0.5) is 5.69 Å². The lowest BCUT2D eigenvalue weighted by molar-refractivity contribution is -0.118. The summed E-state index contributed by atoms with van der Waals surface area (Å²) in [6.07, 6.45) is 0. The highest BCUT2D eigenvalue weighted by atomic mass is 35.5. The number of carbonyl (C=O) groups is 1. The van der Waals surface area contributed by atoms with Crippen molar-refractivity contribution in [2.45, 2.75) is 12.6 Å². The number of ether oxygens (including phenoxy) is 1. The average Bonchev–Trinajstić information content (AvgIpc) is 2.69. The summed E-state index contributed by atoms with van der Waals surface area (Å²) >= 11 is 6.06. The summed E-state index contributed by atoms with van der Waals surface area (Å²) in [5.74, 6) is 0.549. The van der Waals surface area contributed by atoms with E-state index in [1.807, 2.05) is 72.8 Å². The molecule has 1 amide bonds. The zero-order valence-electron chi connectivity index (χ0n) is 15.0. The van der Waals surface area contributed by atoms with Crippen molar-refractivity contribution in [3.63, 3.8) is 0 Å². The van der Waals surface area contributed by atoms with Crippen LogP contribution in [0.15, 0.2) is 78.9 Å². The highest BCUT2D eigenvalue weighted by molar-refractivity contribution is 6.30. The van der Waals surface area contributed by atoms with Crippen molar-refractivity contribution in [1.29, 1.82) is 0 Å². The molecule has 2 N–H and O–H groups in total. The maximum atomic E-state index is 13.0. The molecule has 0 saturated heterocycles. The van der Waals surface area contributed by atoms with Gasteiger partial charge in [0.05, 0.1) is 7.11 Å². The molecule has 3 rings (SSSR count). The number of halogens is 1. The third-order valence-electron chi connectivity index (χ3n) is 4.13. The number of hydrogen-bond donors (Lipinski definition) is 2. The number of amides is 1. The van der Waals surface area contributed by atoms with Crippen LogP contribution in [0.1, 0.15) is 17.2 Å². The van der Waals surface area contributed by atoms with E-state index in [9.17, 15) is 4.79 Å². The summed E-state index contributed by atoms with van der Waals surface area (Å²) in [5.41, 5.74) is 2.59. The number of benzene rings is 3. The first kappa shape index (κ1) is 19.0. The predicted octanol–water partition coefficient (Wildman–Crippen LogP) is 4.82. The van der Waals surface area contributed by atoms with Gasteiger partial charge in [0.15, 0.2) is 0 Å². The molecule has 138 valence electrons. The van der Waals surface area contributed by atoms with Gasteiger partial charge in [-0.3, -0.25) is 10.1 Å². The summed E-state index contributed by atoms with van der Waals surface area (Å²) in [7, 11) is 1.60. The Morgan fingerprint density at radius 1 is 1.00 bits per heavy atom. The minimum Gasteiger partial charge on any atom is -0.497 e. The molecule has 5 heteroatoms. The molecular formula is C22H21ClN2O2. The Morgan fingerprint density at radius 3 is 2.52 bits per heavy atom. The van der Waals surface area contributed by atoms with Crippen LogP contribution >= 0.6 is 11.6 Å². The van der Waals surface area contributed by atoms with Crippen molar-refractivity contribution in [3.05, 3.63) is 95.0 Å². The van der Waals surface area contributed by atoms with Crippen LogP contribution in [0.3, 0.4) is 0 Å². The number of nitrogens with one attached hydrogen (secondary N) is 2. The van der Waals surface area contributed by atoms with Crippen LogP contribution < -0.4 is 15.4 Å². The fraction of sp³-hybridized carbons (Fsp3) is 0.136. The van der Waals surface area contributed by atoms with Gasteiger partial charge in [-0.1, -0.05) is 60.1 Å². The standard InChI is InChI=1S/C22H21ClN2O2/c1-27-20-12-6-11-19(14-20)25-22(26)21(17-8-3-2-4-9-17)24-15-16-7-5-10-18(23)13-16/h2-14,21,24H,15H2,1H3,(H,25,26)/t21-/m0/s1. The number of hydrogen-bond acceptors (Lipinski definition) is 3. The van der Waals surface area contributed by atoms with Crippen LogP contribution in [0.25, 0.3) is 0 Å². The first-order chi connectivity index (χ1) is 13.2. The van der Waals surface area contributed by atoms with E-state index in [-0.39, 0.29) is 5.91 Å². The molecule has 0 heterocycles. The maximum absolute atomic E-state index is 13.0. The summed E-state index contributed by atoms with van der Waals surface area (Å²) in [5, 5.41) is 6.95. The molecule has 0 fully saturated rings. The molecule has 3 aromatic rings. The van der Waals surface area contributed by atoms with Crippen molar-refractivity contribution in [3.8, 4) is 5.75 Å². The molecule has 0 unspecified atom stereocenters. The second-order valence-corrected chi connectivity index (χ2v) is 6.51. The van der Waals surface area contributed by atoms with Gasteiger partial charge in [-0.2, -0.15) is 0 Å². The topological polar surface area (TPSA) is 50.4 Å². The number of anilines is 1. The Bertz CT molecular complexity index is 900. The minimum atomic E-state index is -0.503. The van der Waals surface area contributed by atoms with Gasteiger partial charge in [0.1, 0.15) is 11.8 Å². The molecule has 0 bridgehead atoms. The van der Waals surface area contributed by atoms with Crippen molar-refractivity contribution in [2.24, 2.45) is 0 Å². The van der Waals surface area contributed by atoms with E-state index >= 15 is 0 Å². The van der Waals surface area contributed by atoms with Gasteiger partial charge in [0.25, 0.3) is 0 Å². The monoisotopic (exact) mass is 380 g/mol. The highest BCUT2D eigenvalue weighted by Crippen LogP contribution is 2.20. The number of carbonyl (C=O) groups excluding carboxylic acids is 1. The van der Waals surface area contributed by atoms with Crippen LogP contribution in [0.2, 0.25) is 5.02 Å². The molecule has 0 aliphatic carbocycles. The third-order valence-corrected chi connectivity index (χ3v) is 4.37.